The molecular weight excluding hydrogens is 404 g/mol. The smallest absolute Gasteiger partial charge is 0.254 e. The Labute approximate surface area is 178 Å². The average Bonchev–Trinajstić information content (AvgIpc) is 2.72. The van der Waals surface area contributed by atoms with Gasteiger partial charge in [-0.3, -0.25) is 9.59 Å². The van der Waals surface area contributed by atoms with Gasteiger partial charge in [-0.1, -0.05) is 26.2 Å². The maximum absolute atomic E-state index is 13.5. The van der Waals surface area contributed by atoms with Crippen LogP contribution >= 0.6 is 0 Å². The normalized spacial score (nSPS) is 25.0. The van der Waals surface area contributed by atoms with E-state index in [4.69, 9.17) is 4.98 Å². The van der Waals surface area contributed by atoms with Gasteiger partial charge in [-0.05, 0) is 38.5 Å². The molecule has 0 unspecified atom stereocenters. The maximum Gasteiger partial charge on any atom is 0.254 e. The van der Waals surface area contributed by atoms with E-state index in [-0.39, 0.29) is 29.5 Å². The first-order valence-corrected chi connectivity index (χ1v) is 12.9. The van der Waals surface area contributed by atoms with E-state index in [1.165, 1.54) is 17.0 Å². The van der Waals surface area contributed by atoms with Gasteiger partial charge in [-0.25, -0.2) is 13.4 Å². The summed E-state index contributed by atoms with van der Waals surface area (Å²) >= 11 is 0. The van der Waals surface area contributed by atoms with E-state index in [9.17, 15) is 18.0 Å². The van der Waals surface area contributed by atoms with Crippen molar-refractivity contribution in [3.05, 3.63) is 27.4 Å². The number of H-pyrrole nitrogens is 1. The summed E-state index contributed by atoms with van der Waals surface area (Å²) in [7, 11) is -3.35. The van der Waals surface area contributed by atoms with Gasteiger partial charge >= 0.3 is 0 Å². The second kappa shape index (κ2) is 8.07. The highest BCUT2D eigenvalue weighted by atomic mass is 32.2. The average molecular weight is 437 g/mol. The van der Waals surface area contributed by atoms with Crippen molar-refractivity contribution in [2.45, 2.75) is 77.3 Å². The highest BCUT2D eigenvalue weighted by Crippen LogP contribution is 2.41. The van der Waals surface area contributed by atoms with Crippen LogP contribution in [0.2, 0.25) is 0 Å². The Morgan fingerprint density at radius 1 is 1.13 bits per heavy atom. The van der Waals surface area contributed by atoms with E-state index in [1.54, 1.807) is 0 Å². The van der Waals surface area contributed by atoms with Gasteiger partial charge in [0.2, 0.25) is 15.9 Å². The van der Waals surface area contributed by atoms with E-state index in [0.29, 0.717) is 36.6 Å². The molecule has 0 bridgehead atoms. The molecule has 1 aromatic rings. The molecule has 3 aliphatic rings. The molecular formula is C21H32N4O4S. The molecule has 1 aromatic heterocycles. The molecule has 1 aliphatic carbocycles. The molecule has 8 nitrogen and oxygen atoms in total. The summed E-state index contributed by atoms with van der Waals surface area (Å²) in [5.74, 6) is 0.673. The third-order valence-corrected chi connectivity index (χ3v) is 8.33. The summed E-state index contributed by atoms with van der Waals surface area (Å²) in [6.45, 7) is 3.16. The van der Waals surface area contributed by atoms with E-state index in [2.05, 4.69) is 11.9 Å². The molecule has 30 heavy (non-hydrogen) atoms. The van der Waals surface area contributed by atoms with Gasteiger partial charge in [0.05, 0.1) is 24.5 Å². The van der Waals surface area contributed by atoms with Crippen LogP contribution in [0.25, 0.3) is 0 Å². The third-order valence-electron chi connectivity index (χ3n) is 7.08. The van der Waals surface area contributed by atoms with Crippen molar-refractivity contribution in [1.29, 1.82) is 0 Å². The number of sulfonamides is 1. The van der Waals surface area contributed by atoms with Gasteiger partial charge in [0, 0.05) is 24.1 Å². The molecule has 3 heterocycles. The van der Waals surface area contributed by atoms with Crippen LogP contribution in [-0.2, 0) is 27.8 Å². The van der Waals surface area contributed by atoms with Crippen molar-refractivity contribution < 1.29 is 13.2 Å². The minimum Gasteiger partial charge on any atom is -0.332 e. The van der Waals surface area contributed by atoms with Crippen LogP contribution in [0, 0.1) is 5.41 Å². The summed E-state index contributed by atoms with van der Waals surface area (Å²) in [5.41, 5.74) is 0.541. The molecule has 4 rings (SSSR count). The number of likely N-dealkylation sites (tertiary alicyclic amines) is 1. The first-order chi connectivity index (χ1) is 14.2. The predicted octanol–water partition coefficient (Wildman–Crippen LogP) is 2.11. The molecule has 1 saturated carbocycles. The molecule has 1 saturated heterocycles. The highest BCUT2D eigenvalue weighted by molar-refractivity contribution is 7.88. The van der Waals surface area contributed by atoms with Crippen LogP contribution in [0.5, 0.6) is 0 Å². The van der Waals surface area contributed by atoms with Crippen LogP contribution in [0.15, 0.2) is 4.79 Å². The number of piperidine rings is 1. The number of carbonyl (C=O) groups is 1. The van der Waals surface area contributed by atoms with Gasteiger partial charge in [0.1, 0.15) is 5.82 Å². The lowest BCUT2D eigenvalue weighted by Gasteiger charge is -2.42. The van der Waals surface area contributed by atoms with Gasteiger partial charge in [-0.2, -0.15) is 4.31 Å². The lowest BCUT2D eigenvalue weighted by atomic mass is 9.74. The van der Waals surface area contributed by atoms with Crippen molar-refractivity contribution >= 4 is 15.9 Å². The van der Waals surface area contributed by atoms with E-state index in [0.717, 1.165) is 44.9 Å². The maximum atomic E-state index is 13.5. The quantitative estimate of drug-likeness (QED) is 0.782. The van der Waals surface area contributed by atoms with Crippen molar-refractivity contribution in [3.8, 4) is 0 Å². The summed E-state index contributed by atoms with van der Waals surface area (Å²) in [4.78, 5) is 35.9. The van der Waals surface area contributed by atoms with Crippen LogP contribution in [0.4, 0.5) is 0 Å². The third kappa shape index (κ3) is 4.06. The minimum atomic E-state index is -3.35. The molecule has 9 heteroatoms. The number of hydrogen-bond donors (Lipinski definition) is 1. The number of rotatable bonds is 3. The Kier molecular flexibility index (Phi) is 5.78. The number of nitrogens with one attached hydrogen (secondary N) is 1. The summed E-state index contributed by atoms with van der Waals surface area (Å²) in [6.07, 6.45) is 9.39. The Morgan fingerprint density at radius 3 is 2.57 bits per heavy atom. The molecule has 0 radical (unpaired) electrons. The predicted molar refractivity (Wildman–Crippen MR) is 113 cm³/mol. The fourth-order valence-corrected chi connectivity index (χ4v) is 6.01. The van der Waals surface area contributed by atoms with E-state index < -0.39 is 10.0 Å². The second-order valence-electron chi connectivity index (χ2n) is 9.35. The monoisotopic (exact) mass is 436 g/mol. The summed E-state index contributed by atoms with van der Waals surface area (Å²) in [6, 6.07) is -0.253. The fraction of sp³-hybridized carbons (Fsp3) is 0.762. The fourth-order valence-electron chi connectivity index (χ4n) is 5.23. The first kappa shape index (κ1) is 21.5. The van der Waals surface area contributed by atoms with Crippen LogP contribution < -0.4 is 5.56 Å². The van der Waals surface area contributed by atoms with Crippen molar-refractivity contribution in [3.63, 3.8) is 0 Å². The van der Waals surface area contributed by atoms with Crippen LogP contribution in [0.1, 0.15) is 81.4 Å². The van der Waals surface area contributed by atoms with E-state index in [1.807, 2.05) is 4.90 Å². The number of aromatic amines is 1. The first-order valence-electron chi connectivity index (χ1n) is 11.1. The van der Waals surface area contributed by atoms with Crippen molar-refractivity contribution in [1.82, 2.24) is 19.2 Å². The van der Waals surface area contributed by atoms with Gasteiger partial charge < -0.3 is 9.88 Å². The lowest BCUT2D eigenvalue weighted by Crippen LogP contribution is -2.48. The Morgan fingerprint density at radius 2 is 1.87 bits per heavy atom. The van der Waals surface area contributed by atoms with Gasteiger partial charge in [-0.15, -0.1) is 0 Å². The largest absolute Gasteiger partial charge is 0.332 e. The number of carbonyl (C=O) groups excluding carboxylic acids is 1. The molecule has 2 aliphatic heterocycles. The Bertz CT molecular complexity index is 981. The summed E-state index contributed by atoms with van der Waals surface area (Å²) in [5, 5.41) is 0. The van der Waals surface area contributed by atoms with E-state index >= 15 is 0 Å². The number of fused-ring (bicyclic) bond motifs is 1. The molecule has 1 amide bonds. The molecule has 1 N–H and O–H groups in total. The standard InChI is InChI=1S/C21H32N4O4S/c1-21(10-5-3-6-11-21)20(27)25-12-7-4-8-17(25)18-22-16-14-24(30(2,28)29)13-9-15(16)19(26)23-18/h17H,3-14H2,1-2H3,(H,22,23,26)/t17-/m1/s1. The summed E-state index contributed by atoms with van der Waals surface area (Å²) < 4.78 is 25.3. The second-order valence-corrected chi connectivity index (χ2v) is 11.3. The SMILES string of the molecule is CC1(C(=O)N2CCCC[C@@H]2c2nc3c(c(=O)[nH]2)CCN(S(C)(=O)=O)C3)CCCCC1. The zero-order valence-electron chi connectivity index (χ0n) is 17.9. The Hall–Kier alpha value is -1.74. The molecule has 2 fully saturated rings. The molecule has 0 spiro atoms. The molecule has 0 aromatic carbocycles. The van der Waals surface area contributed by atoms with Crippen molar-refractivity contribution in [2.75, 3.05) is 19.3 Å². The van der Waals surface area contributed by atoms with Crippen molar-refractivity contribution in [2.24, 2.45) is 5.41 Å². The van der Waals surface area contributed by atoms with Gasteiger partial charge in [0.15, 0.2) is 0 Å². The number of hydrogen-bond acceptors (Lipinski definition) is 5. The number of nitrogens with zero attached hydrogens (tertiary/aromatic N) is 3. The molecule has 1 atom stereocenters. The van der Waals surface area contributed by atoms with Crippen LogP contribution in [0.3, 0.4) is 0 Å². The Balaban J connectivity index is 1.66. The van der Waals surface area contributed by atoms with Gasteiger partial charge in [0.25, 0.3) is 5.56 Å². The zero-order chi connectivity index (χ0) is 21.5. The van der Waals surface area contributed by atoms with Crippen LogP contribution in [-0.4, -0.2) is 52.8 Å². The topological polar surface area (TPSA) is 103 Å². The molecule has 166 valence electrons. The zero-order valence-corrected chi connectivity index (χ0v) is 18.8. The highest BCUT2D eigenvalue weighted by Gasteiger charge is 2.41. The number of aromatic nitrogens is 2. The number of amides is 1. The lowest BCUT2D eigenvalue weighted by molar-refractivity contribution is -0.147. The minimum absolute atomic E-state index is 0.115.